The van der Waals surface area contributed by atoms with Crippen molar-refractivity contribution in [3.05, 3.63) is 70.2 Å². The van der Waals surface area contributed by atoms with Gasteiger partial charge < -0.3 is 5.11 Å². The summed E-state index contributed by atoms with van der Waals surface area (Å²) in [7, 11) is 0. The Kier molecular flexibility index (Phi) is 3.97. The lowest BCUT2D eigenvalue weighted by atomic mass is 10.0. The molecule has 0 amide bonds. The molecule has 0 spiro atoms. The minimum atomic E-state index is -0.944. The fraction of sp³-hybridized carbons (Fsp3) is 0.0667. The number of aliphatic carboxylic acids is 1. The summed E-state index contributed by atoms with van der Waals surface area (Å²) < 4.78 is 0. The molecule has 0 radical (unpaired) electrons. The van der Waals surface area contributed by atoms with Crippen molar-refractivity contribution in [1.29, 1.82) is 0 Å². The normalized spacial score (nSPS) is 10.2. The SMILES string of the molecule is O=C(O)Cc1ccc(Cl)c(C(=O)c2ccccc2)c1. The molecule has 3 nitrogen and oxygen atoms in total. The van der Waals surface area contributed by atoms with Gasteiger partial charge in [-0.25, -0.2) is 0 Å². The molecule has 0 aliphatic rings. The van der Waals surface area contributed by atoms with Gasteiger partial charge in [0.1, 0.15) is 0 Å². The molecule has 4 heteroatoms. The van der Waals surface area contributed by atoms with Crippen LogP contribution in [-0.4, -0.2) is 16.9 Å². The van der Waals surface area contributed by atoms with Crippen molar-refractivity contribution in [2.24, 2.45) is 0 Å². The molecule has 0 aromatic heterocycles. The van der Waals surface area contributed by atoms with Crippen LogP contribution in [0.15, 0.2) is 48.5 Å². The van der Waals surface area contributed by atoms with Crippen LogP contribution in [0.4, 0.5) is 0 Å². The average molecular weight is 275 g/mol. The lowest BCUT2D eigenvalue weighted by molar-refractivity contribution is -0.136. The lowest BCUT2D eigenvalue weighted by Crippen LogP contribution is -2.05. The van der Waals surface area contributed by atoms with Crippen LogP contribution in [0.5, 0.6) is 0 Å². The Labute approximate surface area is 115 Å². The number of rotatable bonds is 4. The van der Waals surface area contributed by atoms with Gasteiger partial charge in [-0.3, -0.25) is 9.59 Å². The lowest BCUT2D eigenvalue weighted by Gasteiger charge is -2.06. The minimum Gasteiger partial charge on any atom is -0.481 e. The van der Waals surface area contributed by atoms with Gasteiger partial charge in [0.05, 0.1) is 11.4 Å². The summed E-state index contributed by atoms with van der Waals surface area (Å²) in [6.07, 6.45) is -0.133. The van der Waals surface area contributed by atoms with Gasteiger partial charge in [0.25, 0.3) is 0 Å². The van der Waals surface area contributed by atoms with Gasteiger partial charge in [0.15, 0.2) is 5.78 Å². The molecule has 0 saturated carbocycles. The van der Waals surface area contributed by atoms with E-state index in [4.69, 9.17) is 16.7 Å². The Hall–Kier alpha value is -2.13. The quantitative estimate of drug-likeness (QED) is 0.871. The molecule has 2 rings (SSSR count). The van der Waals surface area contributed by atoms with Crippen molar-refractivity contribution in [1.82, 2.24) is 0 Å². The molecule has 0 fully saturated rings. The molecule has 1 N–H and O–H groups in total. The molecule has 0 aliphatic carbocycles. The first kappa shape index (κ1) is 13.3. The number of halogens is 1. The molecule has 0 unspecified atom stereocenters. The molecular weight excluding hydrogens is 264 g/mol. The maximum Gasteiger partial charge on any atom is 0.307 e. The smallest absolute Gasteiger partial charge is 0.307 e. The number of benzene rings is 2. The molecule has 0 atom stereocenters. The number of hydrogen-bond acceptors (Lipinski definition) is 2. The Morgan fingerprint density at radius 3 is 2.37 bits per heavy atom. The Balaban J connectivity index is 2.38. The van der Waals surface area contributed by atoms with E-state index in [9.17, 15) is 9.59 Å². The van der Waals surface area contributed by atoms with E-state index in [0.717, 1.165) is 0 Å². The summed E-state index contributed by atoms with van der Waals surface area (Å²) >= 11 is 6.01. The van der Waals surface area contributed by atoms with Crippen molar-refractivity contribution in [2.45, 2.75) is 6.42 Å². The summed E-state index contributed by atoms with van der Waals surface area (Å²) in [4.78, 5) is 23.0. The van der Waals surface area contributed by atoms with Crippen LogP contribution in [0.1, 0.15) is 21.5 Å². The van der Waals surface area contributed by atoms with Crippen molar-refractivity contribution in [3.8, 4) is 0 Å². The van der Waals surface area contributed by atoms with E-state index in [1.807, 2.05) is 6.07 Å². The maximum absolute atomic E-state index is 12.3. The van der Waals surface area contributed by atoms with Gasteiger partial charge >= 0.3 is 5.97 Å². The van der Waals surface area contributed by atoms with E-state index in [-0.39, 0.29) is 12.2 Å². The van der Waals surface area contributed by atoms with Crippen LogP contribution >= 0.6 is 11.6 Å². The predicted molar refractivity (Wildman–Crippen MR) is 72.7 cm³/mol. The second-order valence-corrected chi connectivity index (χ2v) is 4.49. The van der Waals surface area contributed by atoms with Crippen LogP contribution < -0.4 is 0 Å². The molecule has 0 bridgehead atoms. The Morgan fingerprint density at radius 1 is 1.05 bits per heavy atom. The van der Waals surface area contributed by atoms with E-state index in [1.165, 1.54) is 6.07 Å². The first-order chi connectivity index (χ1) is 9.08. The van der Waals surface area contributed by atoms with Gasteiger partial charge in [-0.1, -0.05) is 48.0 Å². The summed E-state index contributed by atoms with van der Waals surface area (Å²) in [6.45, 7) is 0. The molecule has 0 saturated heterocycles. The topological polar surface area (TPSA) is 54.4 Å². The average Bonchev–Trinajstić information content (AvgIpc) is 2.40. The zero-order valence-corrected chi connectivity index (χ0v) is 10.7. The molecule has 96 valence electrons. The number of hydrogen-bond donors (Lipinski definition) is 1. The van der Waals surface area contributed by atoms with Crippen LogP contribution in [-0.2, 0) is 11.2 Å². The summed E-state index contributed by atoms with van der Waals surface area (Å²) in [5.41, 5.74) is 1.40. The number of carboxylic acids is 1. The second-order valence-electron chi connectivity index (χ2n) is 4.08. The van der Waals surface area contributed by atoms with E-state index in [0.29, 0.717) is 21.7 Å². The number of carboxylic acid groups (broad SMARTS) is 1. The highest BCUT2D eigenvalue weighted by Gasteiger charge is 2.14. The fourth-order valence-electron chi connectivity index (χ4n) is 1.78. The van der Waals surface area contributed by atoms with E-state index in [2.05, 4.69) is 0 Å². The van der Waals surface area contributed by atoms with E-state index >= 15 is 0 Å². The van der Waals surface area contributed by atoms with Crippen LogP contribution in [0.25, 0.3) is 0 Å². The highest BCUT2D eigenvalue weighted by atomic mass is 35.5. The number of carbonyl (C=O) groups is 2. The van der Waals surface area contributed by atoms with Crippen molar-refractivity contribution in [3.63, 3.8) is 0 Å². The first-order valence-electron chi connectivity index (χ1n) is 5.68. The molecule has 19 heavy (non-hydrogen) atoms. The molecular formula is C15H11ClO3. The third kappa shape index (κ3) is 3.20. The van der Waals surface area contributed by atoms with Crippen LogP contribution in [0.3, 0.4) is 0 Å². The molecule has 2 aromatic carbocycles. The van der Waals surface area contributed by atoms with Crippen LogP contribution in [0.2, 0.25) is 5.02 Å². The van der Waals surface area contributed by atoms with E-state index < -0.39 is 5.97 Å². The third-order valence-electron chi connectivity index (χ3n) is 2.67. The zero-order chi connectivity index (χ0) is 13.8. The second kappa shape index (κ2) is 5.67. The maximum atomic E-state index is 12.3. The Morgan fingerprint density at radius 2 is 1.74 bits per heavy atom. The fourth-order valence-corrected chi connectivity index (χ4v) is 1.98. The summed E-state index contributed by atoms with van der Waals surface area (Å²) in [5, 5.41) is 9.09. The van der Waals surface area contributed by atoms with Gasteiger partial charge in [0.2, 0.25) is 0 Å². The standard InChI is InChI=1S/C15H11ClO3/c16-13-7-6-10(9-14(17)18)8-12(13)15(19)11-4-2-1-3-5-11/h1-8H,9H2,(H,17,18). The largest absolute Gasteiger partial charge is 0.481 e. The first-order valence-corrected chi connectivity index (χ1v) is 6.05. The highest BCUT2D eigenvalue weighted by molar-refractivity contribution is 6.35. The number of ketones is 1. The van der Waals surface area contributed by atoms with Crippen molar-refractivity contribution < 1.29 is 14.7 Å². The van der Waals surface area contributed by atoms with Gasteiger partial charge in [-0.15, -0.1) is 0 Å². The highest BCUT2D eigenvalue weighted by Crippen LogP contribution is 2.21. The zero-order valence-electron chi connectivity index (χ0n) is 9.97. The number of carbonyl (C=O) groups excluding carboxylic acids is 1. The van der Waals surface area contributed by atoms with Gasteiger partial charge in [0, 0.05) is 11.1 Å². The van der Waals surface area contributed by atoms with Gasteiger partial charge in [-0.2, -0.15) is 0 Å². The van der Waals surface area contributed by atoms with Crippen LogP contribution in [0, 0.1) is 0 Å². The summed E-state index contributed by atoms with van der Waals surface area (Å²) in [5.74, 6) is -1.15. The summed E-state index contributed by atoms with van der Waals surface area (Å²) in [6, 6.07) is 13.4. The van der Waals surface area contributed by atoms with Crippen molar-refractivity contribution >= 4 is 23.4 Å². The Bertz CT molecular complexity index is 621. The molecule has 0 heterocycles. The molecule has 0 aliphatic heterocycles. The minimum absolute atomic E-state index is 0.133. The van der Waals surface area contributed by atoms with E-state index in [1.54, 1.807) is 36.4 Å². The van der Waals surface area contributed by atoms with Gasteiger partial charge in [-0.05, 0) is 17.7 Å². The van der Waals surface area contributed by atoms with Crippen molar-refractivity contribution in [2.75, 3.05) is 0 Å². The molecule has 2 aromatic rings. The monoisotopic (exact) mass is 274 g/mol. The predicted octanol–water partition coefficient (Wildman–Crippen LogP) is 3.20. The third-order valence-corrected chi connectivity index (χ3v) is 3.00.